The molecule has 0 aromatic carbocycles. The van der Waals surface area contributed by atoms with E-state index in [0.29, 0.717) is 0 Å². The minimum Gasteiger partial charge on any atom is -0.481 e. The van der Waals surface area contributed by atoms with E-state index < -0.39 is 18.7 Å². The Morgan fingerprint density at radius 1 is 1.50 bits per heavy atom. The number of aliphatic hydroxyl groups excluding tert-OH is 1. The van der Waals surface area contributed by atoms with Gasteiger partial charge >= 0.3 is 6.36 Å². The average Bonchev–Trinajstić information content (AvgIpc) is 2.14. The number of hydrogen-bond donors (Lipinski definition) is 1. The number of nitrogens with zero attached hydrogens (tertiary/aromatic N) is 1. The Morgan fingerprint density at radius 2 is 2.12 bits per heavy atom. The van der Waals surface area contributed by atoms with Gasteiger partial charge in [0.15, 0.2) is 0 Å². The van der Waals surface area contributed by atoms with Gasteiger partial charge in [-0.1, -0.05) is 0 Å². The highest BCUT2D eigenvalue weighted by Gasteiger charge is 2.33. The molecule has 16 heavy (non-hydrogen) atoms. The van der Waals surface area contributed by atoms with E-state index in [0.717, 1.165) is 6.07 Å². The number of ether oxygens (including phenoxy) is 2. The van der Waals surface area contributed by atoms with Gasteiger partial charge in [-0.15, -0.1) is 13.2 Å². The molecule has 0 aliphatic carbocycles. The maximum atomic E-state index is 12.1. The first-order valence-corrected chi connectivity index (χ1v) is 5.05. The first-order chi connectivity index (χ1) is 7.37. The van der Waals surface area contributed by atoms with Gasteiger partial charge in [0.2, 0.25) is 5.88 Å². The highest BCUT2D eigenvalue weighted by atomic mass is 127. The van der Waals surface area contributed by atoms with Crippen LogP contribution in [0.1, 0.15) is 5.56 Å². The quantitative estimate of drug-likeness (QED) is 0.671. The second-order valence-electron chi connectivity index (χ2n) is 2.64. The Bertz CT molecular complexity index is 384. The molecule has 0 fully saturated rings. The third kappa shape index (κ3) is 3.37. The van der Waals surface area contributed by atoms with Crippen molar-refractivity contribution < 1.29 is 27.8 Å². The van der Waals surface area contributed by atoms with Crippen LogP contribution in [0.3, 0.4) is 0 Å². The molecular formula is C8H7F3INO3. The fraction of sp³-hybridized carbons (Fsp3) is 0.375. The van der Waals surface area contributed by atoms with E-state index in [-0.39, 0.29) is 15.1 Å². The van der Waals surface area contributed by atoms with Crippen molar-refractivity contribution in [3.63, 3.8) is 0 Å². The maximum Gasteiger partial charge on any atom is 0.573 e. The predicted octanol–water partition coefficient (Wildman–Crippen LogP) is 2.09. The molecule has 0 radical (unpaired) electrons. The van der Waals surface area contributed by atoms with E-state index in [4.69, 9.17) is 9.84 Å². The van der Waals surface area contributed by atoms with Crippen molar-refractivity contribution in [3.8, 4) is 11.6 Å². The molecule has 1 aromatic rings. The Kier molecular flexibility index (Phi) is 4.19. The van der Waals surface area contributed by atoms with Crippen LogP contribution in [0.15, 0.2) is 6.07 Å². The topological polar surface area (TPSA) is 51.6 Å². The lowest BCUT2D eigenvalue weighted by Crippen LogP contribution is -2.18. The molecule has 1 N–H and O–H groups in total. The molecular weight excluding hydrogens is 342 g/mol. The average molecular weight is 349 g/mol. The maximum absolute atomic E-state index is 12.1. The molecule has 0 atom stereocenters. The van der Waals surface area contributed by atoms with Crippen LogP contribution < -0.4 is 9.47 Å². The van der Waals surface area contributed by atoms with Crippen LogP contribution >= 0.6 is 22.6 Å². The minimum atomic E-state index is -4.82. The number of pyridine rings is 1. The first kappa shape index (κ1) is 13.3. The van der Waals surface area contributed by atoms with Crippen LogP contribution in [-0.2, 0) is 6.61 Å². The van der Waals surface area contributed by atoms with E-state index in [9.17, 15) is 13.2 Å². The number of alkyl halides is 3. The zero-order valence-corrected chi connectivity index (χ0v) is 10.2. The molecule has 0 aliphatic rings. The molecule has 0 bridgehead atoms. The minimum absolute atomic E-state index is 0.0892. The van der Waals surface area contributed by atoms with Crippen molar-refractivity contribution in [3.05, 3.63) is 15.3 Å². The van der Waals surface area contributed by atoms with Crippen molar-refractivity contribution >= 4 is 22.6 Å². The van der Waals surface area contributed by atoms with Crippen molar-refractivity contribution in [1.29, 1.82) is 0 Å². The normalized spacial score (nSPS) is 11.4. The summed E-state index contributed by atoms with van der Waals surface area (Å²) >= 11 is 1.72. The van der Waals surface area contributed by atoms with Crippen LogP contribution in [-0.4, -0.2) is 23.6 Å². The van der Waals surface area contributed by atoms with Crippen molar-refractivity contribution in [2.75, 3.05) is 7.11 Å². The second kappa shape index (κ2) is 5.04. The third-order valence-electron chi connectivity index (χ3n) is 1.59. The van der Waals surface area contributed by atoms with Gasteiger partial charge < -0.3 is 14.6 Å². The second-order valence-corrected chi connectivity index (χ2v) is 3.74. The van der Waals surface area contributed by atoms with Crippen LogP contribution in [0.4, 0.5) is 13.2 Å². The molecule has 0 spiro atoms. The molecule has 0 aliphatic heterocycles. The van der Waals surface area contributed by atoms with Gasteiger partial charge in [-0.2, -0.15) is 0 Å². The van der Waals surface area contributed by atoms with E-state index in [1.54, 1.807) is 22.6 Å². The van der Waals surface area contributed by atoms with E-state index >= 15 is 0 Å². The molecule has 8 heteroatoms. The first-order valence-electron chi connectivity index (χ1n) is 3.97. The van der Waals surface area contributed by atoms with E-state index in [1.165, 1.54) is 7.11 Å². The molecule has 1 aromatic heterocycles. The molecule has 90 valence electrons. The summed E-state index contributed by atoms with van der Waals surface area (Å²) in [5, 5.41) is 8.95. The number of aromatic nitrogens is 1. The van der Waals surface area contributed by atoms with Crippen LogP contribution in [0.5, 0.6) is 11.6 Å². The summed E-state index contributed by atoms with van der Waals surface area (Å²) in [6.45, 7) is -0.654. The van der Waals surface area contributed by atoms with Crippen LogP contribution in [0.2, 0.25) is 0 Å². The van der Waals surface area contributed by atoms with E-state index in [2.05, 4.69) is 9.72 Å². The standard InChI is InChI=1S/C8H7F3INO3/c1-15-7-4(3-14)5(2-6(12)13-7)16-8(9,10)11/h2,14H,3H2,1H3. The summed E-state index contributed by atoms with van der Waals surface area (Å²) in [7, 11) is 1.24. The lowest BCUT2D eigenvalue weighted by Gasteiger charge is -2.14. The number of halogens is 4. The van der Waals surface area contributed by atoms with Gasteiger partial charge in [-0.25, -0.2) is 4.98 Å². The number of rotatable bonds is 3. The van der Waals surface area contributed by atoms with Crippen molar-refractivity contribution in [2.24, 2.45) is 0 Å². The smallest absolute Gasteiger partial charge is 0.481 e. The van der Waals surface area contributed by atoms with Gasteiger partial charge in [0.05, 0.1) is 19.3 Å². The Labute approximate surface area is 103 Å². The summed E-state index contributed by atoms with van der Waals surface area (Å²) in [4.78, 5) is 3.81. The summed E-state index contributed by atoms with van der Waals surface area (Å²) in [5.74, 6) is -0.597. The molecule has 4 nitrogen and oxygen atoms in total. The SMILES string of the molecule is COc1nc(I)cc(OC(F)(F)F)c1CO. The molecule has 1 heterocycles. The molecule has 0 amide bonds. The summed E-state index contributed by atoms with van der Waals surface area (Å²) < 4.78 is 45.0. The molecule has 1 rings (SSSR count). The van der Waals surface area contributed by atoms with Gasteiger partial charge in [-0.05, 0) is 22.6 Å². The number of hydrogen-bond acceptors (Lipinski definition) is 4. The van der Waals surface area contributed by atoms with Crippen molar-refractivity contribution in [2.45, 2.75) is 13.0 Å². The van der Waals surface area contributed by atoms with Crippen LogP contribution in [0, 0.1) is 3.70 Å². The summed E-state index contributed by atoms with van der Waals surface area (Å²) in [6, 6.07) is 1.07. The lowest BCUT2D eigenvalue weighted by atomic mass is 10.2. The fourth-order valence-corrected chi connectivity index (χ4v) is 1.53. The largest absolute Gasteiger partial charge is 0.573 e. The van der Waals surface area contributed by atoms with Crippen molar-refractivity contribution in [1.82, 2.24) is 4.98 Å². The number of aliphatic hydroxyl groups is 1. The van der Waals surface area contributed by atoms with Crippen LogP contribution in [0.25, 0.3) is 0 Å². The summed E-state index contributed by atoms with van der Waals surface area (Å²) in [5.41, 5.74) is -0.139. The highest BCUT2D eigenvalue weighted by molar-refractivity contribution is 14.1. The van der Waals surface area contributed by atoms with Gasteiger partial charge in [0.1, 0.15) is 9.45 Å². The Balaban J connectivity index is 3.20. The van der Waals surface area contributed by atoms with Gasteiger partial charge in [-0.3, -0.25) is 0 Å². The third-order valence-corrected chi connectivity index (χ3v) is 2.14. The van der Waals surface area contributed by atoms with Gasteiger partial charge in [0, 0.05) is 6.07 Å². The lowest BCUT2D eigenvalue weighted by molar-refractivity contribution is -0.275. The molecule has 0 saturated carbocycles. The zero-order chi connectivity index (χ0) is 12.3. The fourth-order valence-electron chi connectivity index (χ4n) is 1.03. The highest BCUT2D eigenvalue weighted by Crippen LogP contribution is 2.32. The predicted molar refractivity (Wildman–Crippen MR) is 56.1 cm³/mol. The summed E-state index contributed by atoms with van der Waals surface area (Å²) in [6.07, 6.45) is -4.82. The number of methoxy groups -OCH3 is 1. The Hall–Kier alpha value is -0.770. The van der Waals surface area contributed by atoms with E-state index in [1.807, 2.05) is 0 Å². The Morgan fingerprint density at radius 3 is 2.56 bits per heavy atom. The monoisotopic (exact) mass is 349 g/mol. The molecule has 0 saturated heterocycles. The molecule has 0 unspecified atom stereocenters. The van der Waals surface area contributed by atoms with Gasteiger partial charge in [0.25, 0.3) is 0 Å². The zero-order valence-electron chi connectivity index (χ0n) is 8.01.